The van der Waals surface area contributed by atoms with Crippen LogP contribution in [-0.2, 0) is 6.54 Å². The fraction of sp³-hybridized carbons (Fsp3) is 0.194. The lowest BCUT2D eigenvalue weighted by Gasteiger charge is -2.12. The van der Waals surface area contributed by atoms with E-state index in [2.05, 4.69) is 11.9 Å². The molecule has 1 aliphatic rings. The van der Waals surface area contributed by atoms with Gasteiger partial charge in [-0.2, -0.15) is 0 Å². The highest BCUT2D eigenvalue weighted by Gasteiger charge is 2.38. The number of aliphatic imine (C=N–C) groups is 1. The van der Waals surface area contributed by atoms with Crippen LogP contribution in [0.15, 0.2) is 77.9 Å². The van der Waals surface area contributed by atoms with Crippen molar-refractivity contribution in [2.45, 2.75) is 33.2 Å². The molecule has 1 N–H and O–H groups in total. The van der Waals surface area contributed by atoms with Crippen LogP contribution in [0.2, 0.25) is 0 Å². The van der Waals surface area contributed by atoms with Gasteiger partial charge < -0.3 is 14.4 Å². The Kier molecular flexibility index (Phi) is 5.83. The molecule has 0 unspecified atom stereocenters. The van der Waals surface area contributed by atoms with Crippen LogP contribution in [0.1, 0.15) is 46.9 Å². The van der Waals surface area contributed by atoms with E-state index in [9.17, 15) is 9.90 Å². The number of carbonyl (C=O) groups is 1. The fourth-order valence-electron chi connectivity index (χ4n) is 5.20. The molecular formula is C31H28N4O3. The molecule has 5 aromatic rings. The standard InChI is InChI=1S/C31H28N4O3/c1-4-5-17-35-28(20-15-13-19(2)14-16-20)25-24(31(35)37)27(33-30(25)36)26-22-11-8-9-18-34(22)29(32-26)21-10-6-7-12-23(21)38-3/h6-16,18,37H,4-5,17H2,1-3H3. The van der Waals surface area contributed by atoms with Crippen LogP contribution in [0.5, 0.6) is 11.6 Å². The predicted octanol–water partition coefficient (Wildman–Crippen LogP) is 6.28. The Labute approximate surface area is 220 Å². The molecule has 1 amide bonds. The van der Waals surface area contributed by atoms with E-state index in [0.717, 1.165) is 35.0 Å². The number of nitrogens with zero attached hydrogens (tertiary/aromatic N) is 4. The molecular weight excluding hydrogens is 476 g/mol. The van der Waals surface area contributed by atoms with Gasteiger partial charge in [0.05, 0.1) is 35.0 Å². The number of amides is 1. The summed E-state index contributed by atoms with van der Waals surface area (Å²) in [5, 5.41) is 11.6. The number of aromatic hydroxyl groups is 1. The number of hydrogen-bond acceptors (Lipinski definition) is 4. The smallest absolute Gasteiger partial charge is 0.280 e. The quantitative estimate of drug-likeness (QED) is 0.283. The van der Waals surface area contributed by atoms with Crippen LogP contribution >= 0.6 is 0 Å². The molecule has 6 rings (SSSR count). The van der Waals surface area contributed by atoms with Gasteiger partial charge in [0.15, 0.2) is 0 Å². The molecule has 4 heterocycles. The molecule has 7 heteroatoms. The summed E-state index contributed by atoms with van der Waals surface area (Å²) in [6.45, 7) is 4.72. The van der Waals surface area contributed by atoms with Crippen molar-refractivity contribution < 1.29 is 14.6 Å². The van der Waals surface area contributed by atoms with Crippen molar-refractivity contribution in [3.63, 3.8) is 0 Å². The number of para-hydroxylation sites is 1. The summed E-state index contributed by atoms with van der Waals surface area (Å²) in [7, 11) is 1.63. The maximum atomic E-state index is 13.5. The minimum atomic E-state index is -0.368. The molecule has 0 radical (unpaired) electrons. The highest BCUT2D eigenvalue weighted by molar-refractivity contribution is 6.31. The monoisotopic (exact) mass is 504 g/mol. The molecule has 0 atom stereocenters. The highest BCUT2D eigenvalue weighted by Crippen LogP contribution is 2.42. The van der Waals surface area contributed by atoms with E-state index >= 15 is 0 Å². The van der Waals surface area contributed by atoms with Crippen LogP contribution in [0.3, 0.4) is 0 Å². The zero-order valence-electron chi connectivity index (χ0n) is 21.6. The van der Waals surface area contributed by atoms with Gasteiger partial charge in [0.25, 0.3) is 5.91 Å². The molecule has 1 aliphatic heterocycles. The Bertz CT molecular complexity index is 1720. The van der Waals surface area contributed by atoms with Gasteiger partial charge in [-0.3, -0.25) is 9.20 Å². The summed E-state index contributed by atoms with van der Waals surface area (Å²) >= 11 is 0. The molecule has 0 spiro atoms. The summed E-state index contributed by atoms with van der Waals surface area (Å²) in [6.07, 6.45) is 3.75. The summed E-state index contributed by atoms with van der Waals surface area (Å²) < 4.78 is 9.42. The van der Waals surface area contributed by atoms with E-state index in [4.69, 9.17) is 9.72 Å². The zero-order chi connectivity index (χ0) is 26.4. The molecule has 7 nitrogen and oxygen atoms in total. The molecule has 2 aromatic carbocycles. The number of imidazole rings is 1. The topological polar surface area (TPSA) is 81.1 Å². The highest BCUT2D eigenvalue weighted by atomic mass is 16.5. The number of fused-ring (bicyclic) bond motifs is 2. The summed E-state index contributed by atoms with van der Waals surface area (Å²) in [5.41, 5.74) is 6.08. The first-order valence-electron chi connectivity index (χ1n) is 12.8. The Hall–Kier alpha value is -4.65. The van der Waals surface area contributed by atoms with E-state index in [-0.39, 0.29) is 11.8 Å². The van der Waals surface area contributed by atoms with Gasteiger partial charge in [-0.15, -0.1) is 0 Å². The number of unbranched alkanes of at least 4 members (excludes halogenated alkanes) is 1. The Morgan fingerprint density at radius 1 is 0.974 bits per heavy atom. The van der Waals surface area contributed by atoms with Crippen molar-refractivity contribution in [1.82, 2.24) is 14.0 Å². The van der Waals surface area contributed by atoms with Crippen LogP contribution in [0.4, 0.5) is 0 Å². The average molecular weight is 505 g/mol. The number of aromatic nitrogens is 3. The number of aryl methyl sites for hydroxylation is 1. The van der Waals surface area contributed by atoms with Crippen LogP contribution in [0.25, 0.3) is 28.2 Å². The van der Waals surface area contributed by atoms with Gasteiger partial charge in [-0.1, -0.05) is 61.4 Å². The van der Waals surface area contributed by atoms with Crippen LogP contribution < -0.4 is 4.74 Å². The van der Waals surface area contributed by atoms with Gasteiger partial charge in [-0.25, -0.2) is 9.98 Å². The Morgan fingerprint density at radius 2 is 1.74 bits per heavy atom. The number of pyridine rings is 1. The number of hydrogen-bond donors (Lipinski definition) is 1. The Balaban J connectivity index is 1.59. The van der Waals surface area contributed by atoms with E-state index in [1.807, 2.05) is 88.8 Å². The molecule has 0 aliphatic carbocycles. The normalized spacial score (nSPS) is 12.7. The SMILES string of the molecule is CCCCn1c(O)c2c(c1-c1ccc(C)cc1)C(=O)N=C2c1nc(-c2ccccc2OC)n2ccccc12. The third-order valence-corrected chi connectivity index (χ3v) is 7.08. The number of rotatable bonds is 7. The second-order valence-corrected chi connectivity index (χ2v) is 9.50. The molecule has 0 saturated carbocycles. The maximum absolute atomic E-state index is 13.5. The number of methoxy groups -OCH3 is 1. The largest absolute Gasteiger partial charge is 0.496 e. The molecule has 0 bridgehead atoms. The minimum Gasteiger partial charge on any atom is -0.496 e. The molecule has 0 saturated heterocycles. The fourth-order valence-corrected chi connectivity index (χ4v) is 5.20. The van der Waals surface area contributed by atoms with Crippen molar-refractivity contribution in [3.05, 3.63) is 95.3 Å². The number of benzene rings is 2. The van der Waals surface area contributed by atoms with Gasteiger partial charge in [0.1, 0.15) is 23.0 Å². The Morgan fingerprint density at radius 3 is 2.50 bits per heavy atom. The minimum absolute atomic E-state index is 0.0459. The van der Waals surface area contributed by atoms with Crippen LogP contribution in [0, 0.1) is 6.92 Å². The average Bonchev–Trinajstić information content (AvgIpc) is 3.58. The van der Waals surface area contributed by atoms with E-state index in [1.165, 1.54) is 0 Å². The van der Waals surface area contributed by atoms with E-state index in [1.54, 1.807) is 7.11 Å². The zero-order valence-corrected chi connectivity index (χ0v) is 21.6. The first kappa shape index (κ1) is 23.7. The third kappa shape index (κ3) is 3.62. The van der Waals surface area contributed by atoms with Gasteiger partial charge in [0, 0.05) is 12.7 Å². The lowest BCUT2D eigenvalue weighted by molar-refractivity contribution is 0.101. The van der Waals surface area contributed by atoms with Crippen molar-refractivity contribution in [2.75, 3.05) is 7.11 Å². The van der Waals surface area contributed by atoms with Crippen molar-refractivity contribution in [3.8, 4) is 34.3 Å². The lowest BCUT2D eigenvalue weighted by atomic mass is 10.0. The summed E-state index contributed by atoms with van der Waals surface area (Å²) in [5.74, 6) is 1.03. The first-order valence-corrected chi connectivity index (χ1v) is 12.8. The maximum Gasteiger partial charge on any atom is 0.280 e. The van der Waals surface area contributed by atoms with Crippen molar-refractivity contribution in [2.24, 2.45) is 4.99 Å². The van der Waals surface area contributed by atoms with Gasteiger partial charge in [0.2, 0.25) is 5.88 Å². The lowest BCUT2D eigenvalue weighted by Crippen LogP contribution is -2.05. The van der Waals surface area contributed by atoms with E-state index < -0.39 is 0 Å². The van der Waals surface area contributed by atoms with Gasteiger partial charge >= 0.3 is 0 Å². The third-order valence-electron chi connectivity index (χ3n) is 7.08. The molecule has 3 aromatic heterocycles. The second kappa shape index (κ2) is 9.34. The first-order chi connectivity index (χ1) is 18.5. The van der Waals surface area contributed by atoms with Crippen LogP contribution in [-0.4, -0.2) is 37.8 Å². The van der Waals surface area contributed by atoms with Gasteiger partial charge in [-0.05, 0) is 43.2 Å². The molecule has 190 valence electrons. The summed E-state index contributed by atoms with van der Waals surface area (Å²) in [4.78, 5) is 23.0. The molecule has 0 fully saturated rings. The van der Waals surface area contributed by atoms with E-state index in [0.29, 0.717) is 46.3 Å². The summed E-state index contributed by atoms with van der Waals surface area (Å²) in [6, 6.07) is 21.5. The number of ether oxygens (including phenoxy) is 1. The molecule has 38 heavy (non-hydrogen) atoms. The number of carbonyl (C=O) groups excluding carboxylic acids is 1. The predicted molar refractivity (Wildman–Crippen MR) is 148 cm³/mol. The van der Waals surface area contributed by atoms with Crippen molar-refractivity contribution in [1.29, 1.82) is 0 Å². The second-order valence-electron chi connectivity index (χ2n) is 9.50. The van der Waals surface area contributed by atoms with Crippen molar-refractivity contribution >= 4 is 17.1 Å².